The van der Waals surface area contributed by atoms with Crippen LogP contribution in [0.15, 0.2) is 72.8 Å². The Hall–Kier alpha value is -10.9. The van der Waals surface area contributed by atoms with Gasteiger partial charge in [-0.2, -0.15) is 0 Å². The normalized spacial score (nSPS) is 19.8. The van der Waals surface area contributed by atoms with Crippen molar-refractivity contribution in [3.63, 3.8) is 0 Å². The van der Waals surface area contributed by atoms with Gasteiger partial charge >= 0.3 is 12.2 Å². The third-order valence-corrected chi connectivity index (χ3v) is 26.3. The van der Waals surface area contributed by atoms with Crippen molar-refractivity contribution in [3.05, 3.63) is 107 Å². The first-order valence-electron chi connectivity index (χ1n) is 45.9. The average molecular weight is 1810 g/mol. The fourth-order valence-electron chi connectivity index (χ4n) is 18.2. The van der Waals surface area contributed by atoms with E-state index in [0.29, 0.717) is 130 Å². The minimum absolute atomic E-state index is 0.00832. The number of carbonyl (C=O) groups is 10. The number of H-pyrrole nitrogens is 2. The summed E-state index contributed by atoms with van der Waals surface area (Å²) in [7, 11) is 4.61. The molecule has 4 saturated heterocycles. The van der Waals surface area contributed by atoms with Gasteiger partial charge in [-0.15, -0.1) is 0 Å². The molecule has 8 amide bonds. The highest BCUT2D eigenvalue weighted by molar-refractivity contribution is 5.97. The lowest BCUT2D eigenvalue weighted by Gasteiger charge is -2.33. The number of fused-ring (bicyclic) bond motifs is 4. The Kier molecular flexibility index (Phi) is 32.0. The van der Waals surface area contributed by atoms with Crippen molar-refractivity contribution < 1.29 is 83.8 Å². The van der Waals surface area contributed by atoms with Gasteiger partial charge in [0, 0.05) is 142 Å². The number of nitrogens with zero attached hydrogens (tertiary/aromatic N) is 10. The van der Waals surface area contributed by atoms with Crippen LogP contribution in [0.1, 0.15) is 199 Å². The summed E-state index contributed by atoms with van der Waals surface area (Å²) >= 11 is 0. The predicted molar refractivity (Wildman–Crippen MR) is 486 cm³/mol. The number of likely N-dealkylation sites (tertiary alicyclic amines) is 4. The summed E-state index contributed by atoms with van der Waals surface area (Å²) in [5.74, 6) is -5.62. The average Bonchev–Trinajstić information content (AvgIpc) is 1.59. The van der Waals surface area contributed by atoms with Gasteiger partial charge < -0.3 is 69.0 Å². The molecule has 0 spiro atoms. The number of aromatic amines is 2. The number of alkyl halides is 2. The van der Waals surface area contributed by atoms with Gasteiger partial charge in [-0.05, 0) is 211 Å². The van der Waals surface area contributed by atoms with Gasteiger partial charge in [0.25, 0.3) is 0 Å². The summed E-state index contributed by atoms with van der Waals surface area (Å²) in [4.78, 5) is 162. The molecule has 0 radical (unpaired) electrons. The molecular formula is C97H131F6N15O12. The van der Waals surface area contributed by atoms with Gasteiger partial charge in [-0.1, -0.05) is 55.4 Å². The molecule has 0 aliphatic carbocycles. The third-order valence-electron chi connectivity index (χ3n) is 26.3. The predicted octanol–water partition coefficient (Wildman–Crippen LogP) is 15.3. The number of halogens is 6. The zero-order valence-corrected chi connectivity index (χ0v) is 78.7. The van der Waals surface area contributed by atoms with Crippen molar-refractivity contribution in [1.29, 1.82) is 0 Å². The summed E-state index contributed by atoms with van der Waals surface area (Å²) in [5.41, 5.74) is 3.49. The minimum atomic E-state index is -1.37. The van der Waals surface area contributed by atoms with Crippen LogP contribution in [0.25, 0.3) is 66.9 Å². The molecule has 130 heavy (non-hydrogen) atoms. The number of carbonyl (C=O) groups excluding carboxylic acids is 10. The second-order valence-electron chi connectivity index (χ2n) is 38.6. The van der Waals surface area contributed by atoms with Gasteiger partial charge in [-0.25, -0.2) is 45.9 Å². The first-order chi connectivity index (χ1) is 61.2. The zero-order chi connectivity index (χ0) is 95.3. The second-order valence-corrected chi connectivity index (χ2v) is 38.6. The first kappa shape index (κ1) is 99.7. The van der Waals surface area contributed by atoms with Crippen LogP contribution in [-0.2, 0) is 73.8 Å². The van der Waals surface area contributed by atoms with Crippen molar-refractivity contribution in [2.75, 3.05) is 47.3 Å². The van der Waals surface area contributed by atoms with Crippen LogP contribution in [0, 0.1) is 52.9 Å². The Morgan fingerprint density at radius 1 is 0.500 bits per heavy atom. The monoisotopic (exact) mass is 1810 g/mol. The van der Waals surface area contributed by atoms with E-state index in [1.165, 1.54) is 77.3 Å². The Morgan fingerprint density at radius 2 is 0.885 bits per heavy atom. The lowest BCUT2D eigenvalue weighted by molar-refractivity contribution is -0.139. The van der Waals surface area contributed by atoms with Crippen LogP contribution in [0.5, 0.6) is 0 Å². The van der Waals surface area contributed by atoms with Crippen molar-refractivity contribution >= 4 is 103 Å². The van der Waals surface area contributed by atoms with Crippen LogP contribution < -0.4 is 16.0 Å². The maximum atomic E-state index is 15.7. The highest BCUT2D eigenvalue weighted by Gasteiger charge is 2.45. The van der Waals surface area contributed by atoms with E-state index in [1.54, 1.807) is 110 Å². The number of aromatic nitrogens is 6. The summed E-state index contributed by atoms with van der Waals surface area (Å²) in [6, 6.07) is 11.4. The van der Waals surface area contributed by atoms with Crippen molar-refractivity contribution in [3.8, 4) is 23.0 Å². The molecule has 8 aromatic rings. The number of hydrogen-bond acceptors (Lipinski definition) is 15. The topological polar surface area (TPSA) is 312 Å². The molecule has 33 heteroatoms. The summed E-state index contributed by atoms with van der Waals surface area (Å²) in [6.07, 6.45) is 0.271. The lowest BCUT2D eigenvalue weighted by atomic mass is 9.93. The first-order valence-corrected chi connectivity index (χ1v) is 45.9. The zero-order valence-electron chi connectivity index (χ0n) is 78.7. The molecule has 4 aromatic carbocycles. The molecule has 27 nitrogen and oxygen atoms in total. The Bertz CT molecular complexity index is 5480. The molecule has 14 atom stereocenters. The standard InChI is InChI=1S/C53H73F3N8O8.C44H58F3N7O4/c1-14-32(22-43(65)30(4)60(12)50(69)71-52(6,7)8)48(67)63-27-35(56)23-37(63)26-39-38-19-17-33(54)24-40(38)57-45(39)46-58-41-25-34(55)18-20-42(41)64(46)28-36-16-15-21-62(36)49(68)44(29(2)3)59-47(66)31(5)61(13)51(70)72-53(9,10)11;1-8-25(5)42(56)51-39(24(3)4)44(58)52-16-10-11-31(52)23-54-37-15-13-29(46)20-36(37)50-41(54)40-34(33-14-12-28(45)19-35(33)49-40)21-32-18-30(47)22-53(32)43(57)27(9-2)17-38(55)26(6)48-7/h17-20,24-25,29-32,35-37,44,57H,14-16,21-23,26-28H2,1-13H3,(H,59,66);12-15,19-20,24-27,30-32,39,48-49H,8-11,16-18,21-23H2,1-7H3,(H,51,56)/t30-,31-,32+,35-,36-,37-,44-;25-,26+,27-,30+,31+,32+,39+/m01/s1. The maximum Gasteiger partial charge on any atom is 0.410 e. The van der Waals surface area contributed by atoms with Crippen LogP contribution in [0.4, 0.5) is 35.9 Å². The molecule has 4 fully saturated rings. The second kappa shape index (κ2) is 41.7. The van der Waals surface area contributed by atoms with Gasteiger partial charge in [0.2, 0.25) is 35.4 Å². The molecule has 0 saturated carbocycles. The molecule has 0 unspecified atom stereocenters. The highest BCUT2D eigenvalue weighted by atomic mass is 19.2. The van der Waals surface area contributed by atoms with E-state index in [9.17, 15) is 65.5 Å². The minimum Gasteiger partial charge on any atom is -0.444 e. The highest BCUT2D eigenvalue weighted by Crippen LogP contribution is 2.42. The van der Waals surface area contributed by atoms with Crippen LogP contribution in [-0.4, -0.2) is 243 Å². The summed E-state index contributed by atoms with van der Waals surface area (Å²) in [6.45, 7) is 31.2. The number of ketones is 2. The number of Topliss-reactive ketones (excluding diaryl/α,β-unsaturated/α-hetero) is 2. The molecule has 12 rings (SSSR count). The van der Waals surface area contributed by atoms with E-state index < -0.39 is 131 Å². The van der Waals surface area contributed by atoms with Crippen LogP contribution in [0.3, 0.4) is 0 Å². The number of amides is 8. The van der Waals surface area contributed by atoms with E-state index >= 15 is 8.78 Å². The van der Waals surface area contributed by atoms with Crippen LogP contribution >= 0.6 is 0 Å². The smallest absolute Gasteiger partial charge is 0.410 e. The number of nitrogens with one attached hydrogen (secondary N) is 5. The Labute approximate surface area is 757 Å². The number of hydrogen-bond donors (Lipinski definition) is 5. The summed E-state index contributed by atoms with van der Waals surface area (Å²) in [5, 5.41) is 10.1. The van der Waals surface area contributed by atoms with Gasteiger partial charge in [0.1, 0.15) is 70.7 Å². The fraction of sp³-hybridized carbons (Fsp3) is 0.588. The van der Waals surface area contributed by atoms with E-state index in [1.807, 2.05) is 62.5 Å². The van der Waals surface area contributed by atoms with E-state index in [-0.39, 0.29) is 124 Å². The number of benzene rings is 4. The quantitative estimate of drug-likeness (QED) is 0.0245. The van der Waals surface area contributed by atoms with Crippen LogP contribution in [0.2, 0.25) is 0 Å². The van der Waals surface area contributed by atoms with Crippen molar-refractivity contribution in [2.45, 2.75) is 292 Å². The molecular weight excluding hydrogens is 1680 g/mol. The van der Waals surface area contributed by atoms with E-state index in [4.69, 9.17) is 19.4 Å². The molecule has 8 heterocycles. The Balaban J connectivity index is 0.000000257. The molecule has 708 valence electrons. The number of rotatable bonds is 32. The molecule has 4 aliphatic heterocycles. The van der Waals surface area contributed by atoms with Gasteiger partial charge in [0.05, 0.1) is 58.6 Å². The largest absolute Gasteiger partial charge is 0.444 e. The molecule has 0 bridgehead atoms. The summed E-state index contributed by atoms with van der Waals surface area (Å²) < 4.78 is 105. The van der Waals surface area contributed by atoms with Crippen molar-refractivity contribution in [2.24, 2.45) is 29.6 Å². The van der Waals surface area contributed by atoms with E-state index in [0.717, 1.165) is 6.42 Å². The lowest BCUT2D eigenvalue weighted by Crippen LogP contribution is -2.56. The molecule has 4 aliphatic rings. The van der Waals surface area contributed by atoms with E-state index in [2.05, 4.69) is 25.9 Å². The number of ether oxygens (including phenoxy) is 2. The van der Waals surface area contributed by atoms with Crippen molar-refractivity contribution in [1.82, 2.24) is 74.4 Å². The van der Waals surface area contributed by atoms with Gasteiger partial charge in [0.15, 0.2) is 17.4 Å². The molecule has 4 aromatic heterocycles. The SMILES string of the molecule is CC[C@H](CC(=O)[C@H](C)N(C)C(=O)OC(C)(C)C)C(=O)N1C[C@@H](F)C[C@H]1Cc1c(-c2nc3cc(F)ccc3n2C[C@@H]2CCCN2C(=O)[C@@H](NC(=O)[C@H](C)N(C)C(=O)OC(C)(C)C)C(C)C)[nH]c2cc(F)ccc12.CC[C@H](CC(=O)[C@H](C)NC)C(=O)N1C[C@@H](F)C[C@H]1Cc1c(-c2nc3cc(F)ccc3n2C[C@@H]2CCCN2C(=O)[C@@H](NC(=O)[C@H](C)CC)C(C)C)[nH]c2cc(F)ccc12. The number of imidazole rings is 2. The maximum absolute atomic E-state index is 15.7. The fourth-order valence-corrected chi connectivity index (χ4v) is 18.2. The van der Waals surface area contributed by atoms with Gasteiger partial charge in [-0.3, -0.25) is 43.3 Å². The third kappa shape index (κ3) is 22.8. The molecule has 5 N–H and O–H groups in total. The Morgan fingerprint density at radius 3 is 1.27 bits per heavy atom. The number of likely N-dealkylation sites (N-methyl/N-ethyl adjacent to an activating group) is 3.